The molecule has 1 saturated carbocycles. The van der Waals surface area contributed by atoms with E-state index in [0.717, 1.165) is 32.1 Å². The number of rotatable bonds is 6. The van der Waals surface area contributed by atoms with Crippen molar-refractivity contribution in [3.63, 3.8) is 0 Å². The van der Waals surface area contributed by atoms with Gasteiger partial charge in [0.15, 0.2) is 0 Å². The lowest BCUT2D eigenvalue weighted by molar-refractivity contribution is 0.0251. The van der Waals surface area contributed by atoms with Crippen molar-refractivity contribution in [2.24, 2.45) is 0 Å². The van der Waals surface area contributed by atoms with E-state index in [1.807, 2.05) is 12.1 Å². The number of halogens is 4. The van der Waals surface area contributed by atoms with Gasteiger partial charge < -0.3 is 4.74 Å². The van der Waals surface area contributed by atoms with E-state index < -0.39 is 6.00 Å². The SMILES string of the molecule is Fc1ccc([C@H]2CC[C@H](OCCC[Si](Cl)(Cl)Cl)CC2)cc1. The molecule has 21 heavy (non-hydrogen) atoms. The lowest BCUT2D eigenvalue weighted by Gasteiger charge is -2.29. The number of hydrogen-bond donors (Lipinski definition) is 0. The van der Waals surface area contributed by atoms with Crippen LogP contribution in [-0.2, 0) is 4.74 Å². The first-order valence-corrected chi connectivity index (χ1v) is 12.6. The molecule has 6 heteroatoms. The predicted molar refractivity (Wildman–Crippen MR) is 90.1 cm³/mol. The molecule has 1 aromatic rings. The van der Waals surface area contributed by atoms with Crippen molar-refractivity contribution >= 4 is 39.2 Å². The number of benzene rings is 1. The minimum atomic E-state index is -2.50. The Morgan fingerprint density at radius 1 is 1.05 bits per heavy atom. The van der Waals surface area contributed by atoms with Crippen LogP contribution in [0.5, 0.6) is 0 Å². The highest BCUT2D eigenvalue weighted by molar-refractivity contribution is 7.64. The Morgan fingerprint density at radius 3 is 2.24 bits per heavy atom. The minimum absolute atomic E-state index is 0.173. The molecule has 0 atom stereocenters. The zero-order valence-corrected chi connectivity index (χ0v) is 15.1. The van der Waals surface area contributed by atoms with E-state index >= 15 is 0 Å². The van der Waals surface area contributed by atoms with Crippen LogP contribution in [0.1, 0.15) is 43.6 Å². The molecule has 0 spiro atoms. The summed E-state index contributed by atoms with van der Waals surface area (Å²) in [5, 5.41) is 0. The van der Waals surface area contributed by atoms with E-state index in [1.54, 1.807) is 12.1 Å². The monoisotopic (exact) mass is 368 g/mol. The molecule has 0 N–H and O–H groups in total. The van der Waals surface area contributed by atoms with E-state index in [1.165, 1.54) is 5.56 Å². The van der Waals surface area contributed by atoms with Crippen LogP contribution in [0.15, 0.2) is 24.3 Å². The first-order valence-electron chi connectivity index (χ1n) is 7.38. The highest BCUT2D eigenvalue weighted by Crippen LogP contribution is 2.34. The molecule has 0 unspecified atom stereocenters. The van der Waals surface area contributed by atoms with E-state index in [0.29, 0.717) is 24.7 Å². The van der Waals surface area contributed by atoms with Gasteiger partial charge >= 0.3 is 6.00 Å². The third-order valence-corrected chi connectivity index (χ3v) is 6.60. The first kappa shape index (κ1) is 17.5. The van der Waals surface area contributed by atoms with Crippen molar-refractivity contribution in [3.8, 4) is 0 Å². The zero-order valence-electron chi connectivity index (χ0n) is 11.8. The van der Waals surface area contributed by atoms with E-state index in [9.17, 15) is 4.39 Å². The first-order chi connectivity index (χ1) is 9.94. The molecule has 0 bridgehead atoms. The summed E-state index contributed by atoms with van der Waals surface area (Å²) in [6, 6.07) is 5.03. The van der Waals surface area contributed by atoms with E-state index in [4.69, 9.17) is 38.0 Å². The smallest absolute Gasteiger partial charge is 0.341 e. The predicted octanol–water partition coefficient (Wildman–Crippen LogP) is 5.91. The Morgan fingerprint density at radius 2 is 1.67 bits per heavy atom. The zero-order chi connectivity index (χ0) is 15.3. The van der Waals surface area contributed by atoms with Crippen LogP contribution >= 0.6 is 33.2 Å². The summed E-state index contributed by atoms with van der Waals surface area (Å²) < 4.78 is 18.8. The molecule has 1 fully saturated rings. The second-order valence-corrected chi connectivity index (χ2v) is 14.9. The van der Waals surface area contributed by atoms with Crippen LogP contribution in [0.2, 0.25) is 6.04 Å². The second kappa shape index (κ2) is 8.16. The van der Waals surface area contributed by atoms with Gasteiger partial charge in [-0.25, -0.2) is 4.39 Å². The molecule has 1 nitrogen and oxygen atoms in total. The molecular formula is C15H20Cl3FOSi. The summed E-state index contributed by atoms with van der Waals surface area (Å²) in [7, 11) is 0. The summed E-state index contributed by atoms with van der Waals surface area (Å²) in [5.41, 5.74) is 1.23. The fourth-order valence-electron chi connectivity index (χ4n) is 2.82. The highest BCUT2D eigenvalue weighted by Gasteiger charge is 2.25. The molecule has 0 aromatic heterocycles. The van der Waals surface area contributed by atoms with Gasteiger partial charge in [0.1, 0.15) is 5.82 Å². The third kappa shape index (κ3) is 6.45. The van der Waals surface area contributed by atoms with E-state index in [-0.39, 0.29) is 5.82 Å². The summed E-state index contributed by atoms with van der Waals surface area (Å²) in [6.45, 7) is 0.673. The van der Waals surface area contributed by atoms with Crippen molar-refractivity contribution < 1.29 is 9.13 Å². The molecule has 118 valence electrons. The van der Waals surface area contributed by atoms with Gasteiger partial charge in [0.05, 0.1) is 6.10 Å². The fraction of sp³-hybridized carbons (Fsp3) is 0.600. The number of hydrogen-bond acceptors (Lipinski definition) is 1. The maximum atomic E-state index is 12.9. The van der Waals surface area contributed by atoms with Crippen LogP contribution in [-0.4, -0.2) is 18.7 Å². The summed E-state index contributed by atoms with van der Waals surface area (Å²) in [4.78, 5) is 0. The van der Waals surface area contributed by atoms with Gasteiger partial charge in [-0.2, -0.15) is 0 Å². The maximum Gasteiger partial charge on any atom is 0.341 e. The van der Waals surface area contributed by atoms with Gasteiger partial charge in [-0.15, -0.1) is 33.2 Å². The number of ether oxygens (including phenoxy) is 1. The van der Waals surface area contributed by atoms with Gasteiger partial charge in [-0.3, -0.25) is 0 Å². The van der Waals surface area contributed by atoms with Crippen molar-refractivity contribution in [1.82, 2.24) is 0 Å². The van der Waals surface area contributed by atoms with Crippen molar-refractivity contribution in [3.05, 3.63) is 35.6 Å². The second-order valence-electron chi connectivity index (χ2n) is 5.61. The molecule has 2 rings (SSSR count). The summed E-state index contributed by atoms with van der Waals surface area (Å²) in [5.74, 6) is 0.354. The quantitative estimate of drug-likeness (QED) is 0.344. The standard InChI is InChI=1S/C15H20Cl3FOSi/c16-21(17,18)11-1-10-20-15-8-4-13(5-9-15)12-2-6-14(19)7-3-12/h2-3,6-7,13,15H,1,4-5,8-11H2/t13-,15-. The Labute approximate surface area is 140 Å². The van der Waals surface area contributed by atoms with Gasteiger partial charge in [-0.1, -0.05) is 12.1 Å². The molecule has 0 saturated heterocycles. The van der Waals surface area contributed by atoms with Gasteiger partial charge in [0, 0.05) is 6.61 Å². The Bertz CT molecular complexity index is 428. The molecule has 0 heterocycles. The van der Waals surface area contributed by atoms with Crippen LogP contribution in [0, 0.1) is 5.82 Å². The fourth-order valence-corrected chi connectivity index (χ4v) is 4.57. The van der Waals surface area contributed by atoms with Crippen LogP contribution < -0.4 is 0 Å². The molecule has 1 aliphatic rings. The minimum Gasteiger partial charge on any atom is -0.378 e. The highest BCUT2D eigenvalue weighted by atomic mass is 35.8. The Hall–Kier alpha value is 0.197. The third-order valence-electron chi connectivity index (χ3n) is 3.97. The lowest BCUT2D eigenvalue weighted by Crippen LogP contribution is -2.22. The van der Waals surface area contributed by atoms with Gasteiger partial charge in [-0.05, 0) is 61.8 Å². The molecule has 0 aliphatic heterocycles. The maximum absolute atomic E-state index is 12.9. The molecule has 0 radical (unpaired) electrons. The molecule has 0 amide bonds. The molecule has 1 aromatic carbocycles. The van der Waals surface area contributed by atoms with Crippen LogP contribution in [0.25, 0.3) is 0 Å². The van der Waals surface area contributed by atoms with Crippen molar-refractivity contribution in [2.75, 3.05) is 6.61 Å². The molecule has 1 aliphatic carbocycles. The van der Waals surface area contributed by atoms with Crippen LogP contribution in [0.4, 0.5) is 4.39 Å². The van der Waals surface area contributed by atoms with Crippen molar-refractivity contribution in [2.45, 2.75) is 50.2 Å². The molecular weight excluding hydrogens is 350 g/mol. The topological polar surface area (TPSA) is 9.23 Å². The average molecular weight is 370 g/mol. The van der Waals surface area contributed by atoms with Gasteiger partial charge in [0.2, 0.25) is 0 Å². The largest absolute Gasteiger partial charge is 0.378 e. The van der Waals surface area contributed by atoms with E-state index in [2.05, 4.69) is 0 Å². The van der Waals surface area contributed by atoms with Crippen molar-refractivity contribution in [1.29, 1.82) is 0 Å². The lowest BCUT2D eigenvalue weighted by atomic mass is 9.83. The Balaban J connectivity index is 1.67. The summed E-state index contributed by atoms with van der Waals surface area (Å²) in [6.07, 6.45) is 5.42. The summed E-state index contributed by atoms with van der Waals surface area (Å²) >= 11 is 17.5. The van der Waals surface area contributed by atoms with Gasteiger partial charge in [0.25, 0.3) is 0 Å². The Kier molecular flexibility index (Phi) is 6.82. The van der Waals surface area contributed by atoms with Crippen LogP contribution in [0.3, 0.4) is 0 Å². The average Bonchev–Trinajstić information content (AvgIpc) is 2.44. The normalized spacial score (nSPS) is 23.2.